The predicted octanol–water partition coefficient (Wildman–Crippen LogP) is 1.72. The van der Waals surface area contributed by atoms with Crippen LogP contribution in [0.3, 0.4) is 0 Å². The molecule has 1 aliphatic heterocycles. The second kappa shape index (κ2) is 9.15. The number of hydrogen-bond acceptors (Lipinski definition) is 6. The Morgan fingerprint density at radius 2 is 1.70 bits per heavy atom. The molecular weight excluding hydrogens is 340 g/mol. The lowest BCUT2D eigenvalue weighted by atomic mass is 10.0. The van der Waals surface area contributed by atoms with Gasteiger partial charge in [0.15, 0.2) is 0 Å². The summed E-state index contributed by atoms with van der Waals surface area (Å²) < 4.78 is 0. The Balaban J connectivity index is 1.47. The summed E-state index contributed by atoms with van der Waals surface area (Å²) in [5.41, 5.74) is 1.54. The van der Waals surface area contributed by atoms with Crippen LogP contribution in [0.4, 0.5) is 11.4 Å². The van der Waals surface area contributed by atoms with Crippen molar-refractivity contribution < 1.29 is 0 Å². The molecule has 0 spiro atoms. The fourth-order valence-electron chi connectivity index (χ4n) is 3.59. The van der Waals surface area contributed by atoms with E-state index >= 15 is 0 Å². The summed E-state index contributed by atoms with van der Waals surface area (Å²) in [6.45, 7) is 4.60. The lowest BCUT2D eigenvalue weighted by Gasteiger charge is -2.33. The van der Waals surface area contributed by atoms with Crippen LogP contribution in [-0.4, -0.2) is 56.1 Å². The zero-order valence-corrected chi connectivity index (χ0v) is 16.3. The van der Waals surface area contributed by atoms with Crippen molar-refractivity contribution in [1.29, 1.82) is 0 Å². The molecule has 0 unspecified atom stereocenters. The second-order valence-electron chi connectivity index (χ2n) is 7.67. The van der Waals surface area contributed by atoms with Crippen molar-refractivity contribution in [3.8, 4) is 0 Å². The third-order valence-electron chi connectivity index (χ3n) is 5.18. The molecule has 27 heavy (non-hydrogen) atoms. The Morgan fingerprint density at radius 3 is 2.37 bits per heavy atom. The molecule has 0 bridgehead atoms. The van der Waals surface area contributed by atoms with E-state index in [-0.39, 0.29) is 16.9 Å². The molecule has 0 amide bonds. The van der Waals surface area contributed by atoms with E-state index in [0.29, 0.717) is 17.9 Å². The van der Waals surface area contributed by atoms with Crippen LogP contribution < -0.4 is 21.5 Å². The Bertz CT molecular complexity index is 788. The zero-order chi connectivity index (χ0) is 19.2. The smallest absolute Gasteiger partial charge is 0.253 e. The van der Waals surface area contributed by atoms with Crippen molar-refractivity contribution in [3.05, 3.63) is 56.3 Å². The first-order valence-electron chi connectivity index (χ1n) is 9.79. The number of rotatable bonds is 9. The largest absolute Gasteiger partial charge is 0.380 e. The summed E-state index contributed by atoms with van der Waals surface area (Å²) in [4.78, 5) is 28.4. The van der Waals surface area contributed by atoms with Gasteiger partial charge in [-0.3, -0.25) is 14.5 Å². The number of benzene rings is 1. The molecule has 1 heterocycles. The Kier molecular flexibility index (Phi) is 6.63. The van der Waals surface area contributed by atoms with Crippen LogP contribution in [0.25, 0.3) is 0 Å². The minimum Gasteiger partial charge on any atom is -0.380 e. The first-order chi connectivity index (χ1) is 13.0. The maximum absolute atomic E-state index is 12.0. The first-order valence-corrected chi connectivity index (χ1v) is 9.79. The van der Waals surface area contributed by atoms with Gasteiger partial charge < -0.3 is 15.5 Å². The maximum atomic E-state index is 12.0. The molecular formula is C21H30N4O2. The summed E-state index contributed by atoms with van der Waals surface area (Å²) in [5, 5.41) is 6.47. The highest BCUT2D eigenvalue weighted by Gasteiger charge is 2.25. The average Bonchev–Trinajstić information content (AvgIpc) is 2.68. The van der Waals surface area contributed by atoms with Gasteiger partial charge in [-0.05, 0) is 45.5 Å². The molecule has 146 valence electrons. The van der Waals surface area contributed by atoms with Crippen LogP contribution in [0.15, 0.2) is 39.9 Å². The molecule has 2 N–H and O–H groups in total. The van der Waals surface area contributed by atoms with Gasteiger partial charge in [0.1, 0.15) is 11.4 Å². The van der Waals surface area contributed by atoms with Crippen LogP contribution in [-0.2, 0) is 6.54 Å². The molecule has 1 saturated heterocycles. The maximum Gasteiger partial charge on any atom is 0.253 e. The highest BCUT2D eigenvalue weighted by Crippen LogP contribution is 2.21. The van der Waals surface area contributed by atoms with E-state index in [1.54, 1.807) is 0 Å². The first kappa shape index (κ1) is 19.6. The van der Waals surface area contributed by atoms with Crippen LogP contribution in [0.5, 0.6) is 0 Å². The summed E-state index contributed by atoms with van der Waals surface area (Å²) in [5.74, 6) is 0. The SMILES string of the molecule is CN(C)CCCNc1c(NC2CCN(Cc3ccccc3)CC2)c(=O)c1=O. The molecule has 2 aromatic rings. The molecule has 6 heteroatoms. The van der Waals surface area contributed by atoms with Gasteiger partial charge in [-0.2, -0.15) is 0 Å². The van der Waals surface area contributed by atoms with Crippen LogP contribution >= 0.6 is 0 Å². The van der Waals surface area contributed by atoms with E-state index in [0.717, 1.165) is 45.4 Å². The predicted molar refractivity (Wildman–Crippen MR) is 111 cm³/mol. The minimum atomic E-state index is -0.385. The molecule has 0 radical (unpaired) electrons. The highest BCUT2D eigenvalue weighted by molar-refractivity contribution is 5.74. The Morgan fingerprint density at radius 1 is 1.04 bits per heavy atom. The van der Waals surface area contributed by atoms with Gasteiger partial charge in [-0.15, -0.1) is 0 Å². The third-order valence-corrected chi connectivity index (χ3v) is 5.18. The van der Waals surface area contributed by atoms with Crippen molar-refractivity contribution in [1.82, 2.24) is 9.80 Å². The van der Waals surface area contributed by atoms with Crippen LogP contribution in [0.2, 0.25) is 0 Å². The van der Waals surface area contributed by atoms with E-state index in [1.165, 1.54) is 5.56 Å². The number of hydrogen-bond donors (Lipinski definition) is 2. The molecule has 2 aromatic carbocycles. The average molecular weight is 370 g/mol. The normalized spacial score (nSPS) is 16.1. The topological polar surface area (TPSA) is 64.7 Å². The number of anilines is 2. The van der Waals surface area contributed by atoms with Gasteiger partial charge in [0, 0.05) is 32.2 Å². The lowest BCUT2D eigenvalue weighted by molar-refractivity contribution is 0.211. The van der Waals surface area contributed by atoms with Crippen molar-refractivity contribution in [2.45, 2.75) is 31.8 Å². The van der Waals surface area contributed by atoms with Gasteiger partial charge in [-0.25, -0.2) is 0 Å². The fraction of sp³-hybridized carbons (Fsp3) is 0.524. The zero-order valence-electron chi connectivity index (χ0n) is 16.3. The molecule has 0 saturated carbocycles. The van der Waals surface area contributed by atoms with Crippen molar-refractivity contribution in [2.24, 2.45) is 0 Å². The van der Waals surface area contributed by atoms with Gasteiger partial charge in [0.2, 0.25) is 0 Å². The van der Waals surface area contributed by atoms with Crippen molar-refractivity contribution >= 4 is 11.4 Å². The molecule has 0 aromatic heterocycles. The number of nitrogens with zero attached hydrogens (tertiary/aromatic N) is 2. The van der Waals surface area contributed by atoms with Crippen LogP contribution in [0.1, 0.15) is 24.8 Å². The summed E-state index contributed by atoms with van der Waals surface area (Å²) in [6, 6.07) is 10.7. The van der Waals surface area contributed by atoms with E-state index < -0.39 is 0 Å². The fourth-order valence-corrected chi connectivity index (χ4v) is 3.59. The molecule has 1 aliphatic rings. The van der Waals surface area contributed by atoms with E-state index in [9.17, 15) is 9.59 Å². The summed E-state index contributed by atoms with van der Waals surface area (Å²) in [7, 11) is 4.04. The van der Waals surface area contributed by atoms with Gasteiger partial charge in [-0.1, -0.05) is 30.3 Å². The van der Waals surface area contributed by atoms with Gasteiger partial charge >= 0.3 is 0 Å². The van der Waals surface area contributed by atoms with Crippen molar-refractivity contribution in [2.75, 3.05) is 50.9 Å². The van der Waals surface area contributed by atoms with Gasteiger partial charge in [0.25, 0.3) is 10.9 Å². The number of nitrogens with one attached hydrogen (secondary N) is 2. The highest BCUT2D eigenvalue weighted by atomic mass is 16.2. The number of likely N-dealkylation sites (tertiary alicyclic amines) is 1. The monoisotopic (exact) mass is 370 g/mol. The quantitative estimate of drug-likeness (QED) is 0.518. The lowest BCUT2D eigenvalue weighted by Crippen LogP contribution is -2.43. The minimum absolute atomic E-state index is 0.252. The van der Waals surface area contributed by atoms with E-state index in [2.05, 4.69) is 44.7 Å². The molecule has 6 nitrogen and oxygen atoms in total. The molecule has 0 atom stereocenters. The third kappa shape index (κ3) is 5.17. The van der Waals surface area contributed by atoms with E-state index in [4.69, 9.17) is 0 Å². The van der Waals surface area contributed by atoms with Crippen molar-refractivity contribution in [3.63, 3.8) is 0 Å². The molecule has 3 rings (SSSR count). The number of piperidine rings is 1. The second-order valence-corrected chi connectivity index (χ2v) is 7.67. The van der Waals surface area contributed by atoms with E-state index in [1.807, 2.05) is 20.2 Å². The molecule has 1 fully saturated rings. The Labute approximate surface area is 160 Å². The summed E-state index contributed by atoms with van der Waals surface area (Å²) >= 11 is 0. The summed E-state index contributed by atoms with van der Waals surface area (Å²) in [6.07, 6.45) is 2.89. The molecule has 0 aliphatic carbocycles. The Hall–Kier alpha value is -2.18. The van der Waals surface area contributed by atoms with Gasteiger partial charge in [0.05, 0.1) is 0 Å². The standard InChI is InChI=1S/C21H30N4O2/c1-24(2)12-6-11-22-18-19(21(27)20(18)26)23-17-9-13-25(14-10-17)15-16-7-4-3-5-8-16/h3-5,7-8,17,22-23H,6,9-15H2,1-2H3. The van der Waals surface area contributed by atoms with Crippen LogP contribution in [0, 0.1) is 0 Å².